The number of benzene rings is 4. The van der Waals surface area contributed by atoms with E-state index in [1.165, 1.54) is 47.0 Å². The number of rotatable bonds is 7. The molecule has 1 N–H and O–H groups in total. The van der Waals surface area contributed by atoms with Gasteiger partial charge in [-0.3, -0.25) is 0 Å². The maximum Gasteiger partial charge on any atom is 0.0362 e. The van der Waals surface area contributed by atoms with Crippen LogP contribution < -0.4 is 0 Å². The average molecular weight is 628 g/mol. The molecule has 2 radical (unpaired) electrons. The molecule has 0 fully saturated rings. The largest absolute Gasteiger partial charge is 0.665 e. The maximum atomic E-state index is 8.83. The molecule has 6 heteroatoms. The first-order chi connectivity index (χ1) is 16.7. The zero-order chi connectivity index (χ0) is 24.4. The first-order valence-corrected chi connectivity index (χ1v) is 10.7. The summed E-state index contributed by atoms with van der Waals surface area (Å²) in [5.74, 6) is 0. The summed E-state index contributed by atoms with van der Waals surface area (Å²) in [5, 5.41) is 6.76. The molecule has 0 aliphatic heterocycles. The number of carbonyl (C=O) groups excluding carboxylic acids is 1. The van der Waals surface area contributed by atoms with Crippen LogP contribution in [-0.2, 0) is 99.0 Å². The van der Waals surface area contributed by atoms with Gasteiger partial charge in [0.05, 0.1) is 0 Å². The van der Waals surface area contributed by atoms with Crippen molar-refractivity contribution in [2.75, 3.05) is 7.11 Å². The molecule has 4 nitrogen and oxygen atoms in total. The van der Waals surface area contributed by atoms with E-state index in [-0.39, 0.29) is 65.4 Å². The van der Waals surface area contributed by atoms with Crippen LogP contribution in [0.5, 0.6) is 0 Å². The van der Waals surface area contributed by atoms with Gasteiger partial charge in [0.2, 0.25) is 0 Å². The minimum Gasteiger partial charge on any atom is -0.665 e. The first-order valence-electron chi connectivity index (χ1n) is 10.7. The summed E-state index contributed by atoms with van der Waals surface area (Å²) < 4.78 is 3.74. The summed E-state index contributed by atoms with van der Waals surface area (Å²) in [7, 11) is 1.26. The fourth-order valence-corrected chi connectivity index (χ4v) is 3.31. The van der Waals surface area contributed by atoms with E-state index in [2.05, 4.69) is 89.7 Å². The normalized spacial score (nSPS) is 8.92. The van der Waals surface area contributed by atoms with Crippen LogP contribution in [0.15, 0.2) is 97.1 Å². The SMILES string of the molecule is CO[C-]=O.O=[C-]O.[Y].[Y].[c-]1ccccc1Cc1ccc(Cc2ccc(Cc3[c-]cccc3)cc2)cc1. The van der Waals surface area contributed by atoms with Gasteiger partial charge in [-0.1, -0.05) is 61.5 Å². The van der Waals surface area contributed by atoms with Crippen molar-refractivity contribution in [1.82, 2.24) is 0 Å². The van der Waals surface area contributed by atoms with Crippen molar-refractivity contribution >= 4 is 12.9 Å². The molecule has 0 amide bonds. The van der Waals surface area contributed by atoms with Gasteiger partial charge in [0.15, 0.2) is 0 Å². The number of methoxy groups -OCH3 is 1. The Bertz CT molecular complexity index is 1000. The van der Waals surface area contributed by atoms with Crippen LogP contribution in [-0.4, -0.2) is 25.2 Å². The van der Waals surface area contributed by atoms with Crippen molar-refractivity contribution < 1.29 is 84.9 Å². The second-order valence-electron chi connectivity index (χ2n) is 7.32. The second-order valence-corrected chi connectivity index (χ2v) is 7.32. The molecule has 0 aliphatic rings. The van der Waals surface area contributed by atoms with Crippen LogP contribution in [0.3, 0.4) is 0 Å². The van der Waals surface area contributed by atoms with E-state index >= 15 is 0 Å². The Kier molecular flexibility index (Phi) is 20.0. The summed E-state index contributed by atoms with van der Waals surface area (Å²) in [6.07, 6.45) is 2.84. The molecule has 0 atom stereocenters. The van der Waals surface area contributed by atoms with E-state index in [4.69, 9.17) is 14.7 Å². The third-order valence-electron chi connectivity index (χ3n) is 4.87. The van der Waals surface area contributed by atoms with Gasteiger partial charge >= 0.3 is 0 Å². The predicted molar refractivity (Wildman–Crippen MR) is 133 cm³/mol. The molecule has 0 aromatic heterocycles. The molecule has 0 saturated heterocycles. The molecule has 0 unspecified atom stereocenters. The summed E-state index contributed by atoms with van der Waals surface area (Å²) in [4.78, 5) is 17.1. The van der Waals surface area contributed by atoms with E-state index < -0.39 is 0 Å². The number of hydrogen-bond acceptors (Lipinski definition) is 3. The van der Waals surface area contributed by atoms with Gasteiger partial charge < -0.3 is 19.4 Å². The van der Waals surface area contributed by atoms with Gasteiger partial charge in [0, 0.05) is 72.5 Å². The third kappa shape index (κ3) is 13.9. The van der Waals surface area contributed by atoms with Crippen LogP contribution in [0.25, 0.3) is 0 Å². The van der Waals surface area contributed by atoms with Gasteiger partial charge in [-0.05, 0) is 41.5 Å². The molecule has 0 saturated carbocycles. The Hall–Kier alpha value is -1.97. The van der Waals surface area contributed by atoms with Gasteiger partial charge in [0.25, 0.3) is 0 Å². The molecule has 0 aliphatic carbocycles. The zero-order valence-corrected chi connectivity index (χ0v) is 25.9. The van der Waals surface area contributed by atoms with Crippen molar-refractivity contribution in [3.8, 4) is 0 Å². The minimum absolute atomic E-state index is 0. The fourth-order valence-electron chi connectivity index (χ4n) is 3.31. The smallest absolute Gasteiger partial charge is 0.0362 e. The van der Waals surface area contributed by atoms with Crippen LogP contribution in [0, 0.1) is 12.1 Å². The Morgan fingerprint density at radius 1 is 0.639 bits per heavy atom. The molecule has 0 spiro atoms. The molecule has 0 bridgehead atoms. The van der Waals surface area contributed by atoms with Crippen LogP contribution in [0.1, 0.15) is 33.4 Å². The molecule has 0 heterocycles. The number of aliphatic hydroxyl groups excluding tert-OH is 1. The van der Waals surface area contributed by atoms with Crippen molar-refractivity contribution in [2.45, 2.75) is 19.3 Å². The first kappa shape index (κ1) is 34.0. The van der Waals surface area contributed by atoms with Crippen LogP contribution in [0.4, 0.5) is 0 Å². The maximum absolute atomic E-state index is 8.83. The van der Waals surface area contributed by atoms with E-state index in [1.807, 2.05) is 24.3 Å². The molecule has 180 valence electrons. The average Bonchev–Trinajstić information content (AvgIpc) is 2.88. The summed E-state index contributed by atoms with van der Waals surface area (Å²) in [6, 6.07) is 40.8. The van der Waals surface area contributed by atoms with E-state index in [0.29, 0.717) is 6.47 Å². The van der Waals surface area contributed by atoms with Crippen molar-refractivity contribution in [3.05, 3.63) is 143 Å². The Balaban J connectivity index is 0.00000122. The predicted octanol–water partition coefficient (Wildman–Crippen LogP) is 5.37. The summed E-state index contributed by atoms with van der Waals surface area (Å²) in [5.41, 5.74) is 7.82. The molecule has 4 aromatic rings. The zero-order valence-electron chi connectivity index (χ0n) is 20.2. The van der Waals surface area contributed by atoms with Gasteiger partial charge in [-0.25, -0.2) is 0 Å². The minimum atomic E-state index is 0. The van der Waals surface area contributed by atoms with E-state index in [9.17, 15) is 0 Å². The standard InChI is InChI=1S/C27H22.C2H3O2.CHO2.2Y/c1-3-7-22(8-4-1)19-24-11-15-26(16-12-24)21-27-17-13-25(14-18-27)20-23-9-5-2-6-10-23;1-4-2-3;2-1-3;;/h1-7,9,11-18H,19-21H2;1H3;(H,2,3);;/q-2;2*-1;;. The topological polar surface area (TPSA) is 63.6 Å². The molecular weight excluding hydrogens is 602 g/mol. The number of ether oxygens (including phenoxy) is 1. The Morgan fingerprint density at radius 2 is 0.944 bits per heavy atom. The van der Waals surface area contributed by atoms with E-state index in [1.54, 1.807) is 0 Å². The third-order valence-corrected chi connectivity index (χ3v) is 4.87. The van der Waals surface area contributed by atoms with Crippen molar-refractivity contribution in [1.29, 1.82) is 0 Å². The van der Waals surface area contributed by atoms with Gasteiger partial charge in [-0.15, -0.1) is 0 Å². The Labute approximate surface area is 264 Å². The van der Waals surface area contributed by atoms with E-state index in [0.717, 1.165) is 19.3 Å². The quantitative estimate of drug-likeness (QED) is 0.280. The summed E-state index contributed by atoms with van der Waals surface area (Å²) in [6.45, 7) is 1.68. The molecule has 4 aromatic carbocycles. The fraction of sp³-hybridized carbons (Fsp3) is 0.133. The molecular formula is C30H26O4Y2-4. The van der Waals surface area contributed by atoms with Crippen molar-refractivity contribution in [3.63, 3.8) is 0 Å². The Morgan fingerprint density at radius 3 is 1.19 bits per heavy atom. The second kappa shape index (κ2) is 21.1. The van der Waals surface area contributed by atoms with Crippen LogP contribution >= 0.6 is 0 Å². The number of hydrogen-bond donors (Lipinski definition) is 1. The van der Waals surface area contributed by atoms with Crippen LogP contribution in [0.2, 0.25) is 0 Å². The van der Waals surface area contributed by atoms with Crippen molar-refractivity contribution in [2.24, 2.45) is 0 Å². The van der Waals surface area contributed by atoms with Gasteiger partial charge in [0.1, 0.15) is 0 Å². The molecule has 36 heavy (non-hydrogen) atoms. The summed E-state index contributed by atoms with van der Waals surface area (Å²) >= 11 is 0. The van der Waals surface area contributed by atoms with Gasteiger partial charge in [-0.2, -0.15) is 71.8 Å². The molecule has 4 rings (SSSR count). The monoisotopic (exact) mass is 628 g/mol.